The average molecular weight is 329 g/mol. The van der Waals surface area contributed by atoms with Crippen LogP contribution in [0.2, 0.25) is 0 Å². The molecule has 104 valence electrons. The van der Waals surface area contributed by atoms with Crippen molar-refractivity contribution in [2.45, 2.75) is 39.0 Å². The summed E-state index contributed by atoms with van der Waals surface area (Å²) in [5.41, 5.74) is -0.306. The second kappa shape index (κ2) is 5.61. The third kappa shape index (κ3) is 3.16. The van der Waals surface area contributed by atoms with Gasteiger partial charge in [0.1, 0.15) is 5.82 Å². The Morgan fingerprint density at radius 1 is 1.47 bits per heavy atom. The number of aliphatic carboxylic acids is 1. The molecular formula is C15H18BrFO2. The number of hydrogen-bond donors (Lipinski definition) is 1. The van der Waals surface area contributed by atoms with Crippen molar-refractivity contribution < 1.29 is 14.3 Å². The maximum atomic E-state index is 13.8. The predicted molar refractivity (Wildman–Crippen MR) is 75.5 cm³/mol. The molecule has 2 nitrogen and oxygen atoms in total. The molecule has 0 radical (unpaired) electrons. The van der Waals surface area contributed by atoms with E-state index in [-0.39, 0.29) is 12.2 Å². The molecule has 1 aromatic rings. The summed E-state index contributed by atoms with van der Waals surface area (Å²) in [6.07, 6.45) is 3.36. The molecule has 0 saturated heterocycles. The van der Waals surface area contributed by atoms with E-state index < -0.39 is 11.4 Å². The normalized spacial score (nSPS) is 27.2. The Hall–Kier alpha value is -0.900. The van der Waals surface area contributed by atoms with Gasteiger partial charge < -0.3 is 5.11 Å². The smallest absolute Gasteiger partial charge is 0.309 e. The van der Waals surface area contributed by atoms with Gasteiger partial charge in [-0.05, 0) is 61.8 Å². The van der Waals surface area contributed by atoms with Gasteiger partial charge in [-0.15, -0.1) is 0 Å². The minimum atomic E-state index is -0.797. The van der Waals surface area contributed by atoms with Crippen molar-refractivity contribution in [3.8, 4) is 0 Å². The molecule has 4 heteroatoms. The fourth-order valence-electron chi connectivity index (χ4n) is 2.82. The van der Waals surface area contributed by atoms with Crippen LogP contribution in [-0.2, 0) is 11.2 Å². The van der Waals surface area contributed by atoms with Crippen molar-refractivity contribution >= 4 is 21.9 Å². The lowest BCUT2D eigenvalue weighted by atomic mass is 9.68. The number of hydrogen-bond acceptors (Lipinski definition) is 1. The number of halogens is 2. The molecule has 1 aromatic carbocycles. The first-order valence-electron chi connectivity index (χ1n) is 6.60. The molecule has 0 heterocycles. The van der Waals surface area contributed by atoms with Crippen LogP contribution in [0.5, 0.6) is 0 Å². The van der Waals surface area contributed by atoms with Crippen molar-refractivity contribution in [3.63, 3.8) is 0 Å². The molecule has 0 aliphatic heterocycles. The number of carboxylic acids is 1. The highest BCUT2D eigenvalue weighted by Gasteiger charge is 2.41. The third-order valence-electron chi connectivity index (χ3n) is 4.22. The molecule has 1 saturated carbocycles. The minimum Gasteiger partial charge on any atom is -0.481 e. The fourth-order valence-corrected chi connectivity index (χ4v) is 3.23. The van der Waals surface area contributed by atoms with Crippen molar-refractivity contribution in [2.75, 3.05) is 0 Å². The molecule has 0 atom stereocenters. The lowest BCUT2D eigenvalue weighted by Gasteiger charge is -2.36. The highest BCUT2D eigenvalue weighted by molar-refractivity contribution is 9.10. The van der Waals surface area contributed by atoms with E-state index in [4.69, 9.17) is 0 Å². The number of rotatable bonds is 3. The first-order chi connectivity index (χ1) is 8.93. The number of carboxylic acid groups (broad SMARTS) is 1. The van der Waals surface area contributed by atoms with Crippen LogP contribution in [-0.4, -0.2) is 11.1 Å². The summed E-state index contributed by atoms with van der Waals surface area (Å²) in [6.45, 7) is 2.14. The van der Waals surface area contributed by atoms with Crippen molar-refractivity contribution in [1.29, 1.82) is 0 Å². The van der Waals surface area contributed by atoms with Crippen LogP contribution in [0.4, 0.5) is 4.39 Å². The van der Waals surface area contributed by atoms with Gasteiger partial charge in [0.15, 0.2) is 0 Å². The van der Waals surface area contributed by atoms with Gasteiger partial charge in [0.05, 0.1) is 5.41 Å². The average Bonchev–Trinajstić information content (AvgIpc) is 2.36. The van der Waals surface area contributed by atoms with E-state index in [0.29, 0.717) is 24.3 Å². The molecule has 19 heavy (non-hydrogen) atoms. The third-order valence-corrected chi connectivity index (χ3v) is 4.71. The lowest BCUT2D eigenvalue weighted by Crippen LogP contribution is -2.37. The maximum absolute atomic E-state index is 13.8. The van der Waals surface area contributed by atoms with Gasteiger partial charge in [-0.25, -0.2) is 4.39 Å². The van der Waals surface area contributed by atoms with Crippen LogP contribution in [0, 0.1) is 17.2 Å². The van der Waals surface area contributed by atoms with Crippen molar-refractivity contribution in [2.24, 2.45) is 11.3 Å². The first kappa shape index (κ1) is 14.5. The summed E-state index contributed by atoms with van der Waals surface area (Å²) in [5.74, 6) is -0.541. The molecule has 0 bridgehead atoms. The molecular weight excluding hydrogens is 311 g/mol. The number of carbonyl (C=O) groups is 1. The van der Waals surface area contributed by atoms with Crippen LogP contribution in [0.3, 0.4) is 0 Å². The van der Waals surface area contributed by atoms with E-state index in [0.717, 1.165) is 17.3 Å². The zero-order chi connectivity index (χ0) is 14.0. The Morgan fingerprint density at radius 3 is 2.68 bits per heavy atom. The van der Waals surface area contributed by atoms with Crippen LogP contribution < -0.4 is 0 Å². The summed E-state index contributed by atoms with van der Waals surface area (Å²) in [4.78, 5) is 11.6. The van der Waals surface area contributed by atoms with Gasteiger partial charge in [0.25, 0.3) is 0 Å². The highest BCUT2D eigenvalue weighted by atomic mass is 79.9. The highest BCUT2D eigenvalue weighted by Crippen LogP contribution is 2.42. The Bertz CT molecular complexity index is 479. The summed E-state index contributed by atoms with van der Waals surface area (Å²) < 4.78 is 14.6. The molecule has 0 spiro atoms. The SMILES string of the molecule is CC1CCC(Cc2cc(Br)ccc2F)(C(=O)O)CC1. The zero-order valence-electron chi connectivity index (χ0n) is 11.0. The van der Waals surface area contributed by atoms with Crippen LogP contribution in [0.25, 0.3) is 0 Å². The quantitative estimate of drug-likeness (QED) is 0.892. The van der Waals surface area contributed by atoms with Crippen molar-refractivity contribution in [1.82, 2.24) is 0 Å². The van der Waals surface area contributed by atoms with Crippen molar-refractivity contribution in [3.05, 3.63) is 34.1 Å². The van der Waals surface area contributed by atoms with Gasteiger partial charge in [-0.1, -0.05) is 22.9 Å². The van der Waals surface area contributed by atoms with Gasteiger partial charge in [0.2, 0.25) is 0 Å². The Labute approximate surface area is 121 Å². The van der Waals surface area contributed by atoms with Gasteiger partial charge >= 0.3 is 5.97 Å². The standard InChI is InChI=1S/C15H18BrFO2/c1-10-4-6-15(7-5-10,14(18)19)9-11-8-12(16)2-3-13(11)17/h2-3,8,10H,4-7,9H2,1H3,(H,18,19). The maximum Gasteiger partial charge on any atom is 0.309 e. The van der Waals surface area contributed by atoms with E-state index in [9.17, 15) is 14.3 Å². The Morgan fingerprint density at radius 2 is 2.11 bits per heavy atom. The van der Waals surface area contributed by atoms with Gasteiger partial charge in [0, 0.05) is 4.47 Å². The molecule has 1 aliphatic rings. The van der Waals surface area contributed by atoms with Gasteiger partial charge in [-0.2, -0.15) is 0 Å². The van der Waals surface area contributed by atoms with E-state index in [2.05, 4.69) is 22.9 Å². The largest absolute Gasteiger partial charge is 0.481 e. The zero-order valence-corrected chi connectivity index (χ0v) is 12.5. The van der Waals surface area contributed by atoms with E-state index >= 15 is 0 Å². The predicted octanol–water partition coefficient (Wildman–Crippen LogP) is 4.41. The summed E-state index contributed by atoms with van der Waals surface area (Å²) >= 11 is 3.31. The summed E-state index contributed by atoms with van der Waals surface area (Å²) in [6, 6.07) is 4.72. The Balaban J connectivity index is 2.26. The Kier molecular flexibility index (Phi) is 4.29. The molecule has 0 aromatic heterocycles. The summed E-state index contributed by atoms with van der Waals surface area (Å²) in [7, 11) is 0. The van der Waals surface area contributed by atoms with Crippen LogP contribution in [0.15, 0.2) is 22.7 Å². The minimum absolute atomic E-state index is 0.278. The fraction of sp³-hybridized carbons (Fsp3) is 0.533. The molecule has 1 N–H and O–H groups in total. The molecule has 1 fully saturated rings. The van der Waals surface area contributed by atoms with Crippen LogP contribution in [0.1, 0.15) is 38.2 Å². The first-order valence-corrected chi connectivity index (χ1v) is 7.39. The lowest BCUT2D eigenvalue weighted by molar-refractivity contribution is -0.151. The molecule has 0 amide bonds. The van der Waals surface area contributed by atoms with E-state index in [1.807, 2.05) is 0 Å². The van der Waals surface area contributed by atoms with Crippen LogP contribution >= 0.6 is 15.9 Å². The molecule has 0 unspecified atom stereocenters. The van der Waals surface area contributed by atoms with E-state index in [1.54, 1.807) is 12.1 Å². The second-order valence-corrected chi connectivity index (χ2v) is 6.60. The summed E-state index contributed by atoms with van der Waals surface area (Å²) in [5, 5.41) is 9.56. The second-order valence-electron chi connectivity index (χ2n) is 5.68. The topological polar surface area (TPSA) is 37.3 Å². The number of benzene rings is 1. The molecule has 2 rings (SSSR count). The van der Waals surface area contributed by atoms with Gasteiger partial charge in [-0.3, -0.25) is 4.79 Å². The molecule has 1 aliphatic carbocycles. The van der Waals surface area contributed by atoms with E-state index in [1.165, 1.54) is 6.07 Å². The monoisotopic (exact) mass is 328 g/mol.